The van der Waals surface area contributed by atoms with Gasteiger partial charge in [0, 0.05) is 25.7 Å². The van der Waals surface area contributed by atoms with E-state index in [9.17, 15) is 9.59 Å². The van der Waals surface area contributed by atoms with Gasteiger partial charge in [0.25, 0.3) is 0 Å². The summed E-state index contributed by atoms with van der Waals surface area (Å²) in [5.41, 5.74) is 0. The van der Waals surface area contributed by atoms with Crippen LogP contribution in [0.3, 0.4) is 0 Å². The highest BCUT2D eigenvalue weighted by molar-refractivity contribution is 5.80. The van der Waals surface area contributed by atoms with Gasteiger partial charge in [0.2, 0.25) is 5.91 Å². The van der Waals surface area contributed by atoms with Crippen molar-refractivity contribution in [3.63, 3.8) is 0 Å². The molecule has 1 saturated carbocycles. The first-order valence-corrected chi connectivity index (χ1v) is 9.01. The van der Waals surface area contributed by atoms with E-state index in [4.69, 9.17) is 4.74 Å². The number of carbonyl (C=O) groups excluding carboxylic acids is 2. The lowest BCUT2D eigenvalue weighted by Crippen LogP contribution is -2.52. The number of nitrogens with one attached hydrogen (secondary N) is 2. The summed E-state index contributed by atoms with van der Waals surface area (Å²) in [6.45, 7) is 5.98. The monoisotopic (exact) mass is 323 g/mol. The lowest BCUT2D eigenvalue weighted by atomic mass is 9.99. The van der Waals surface area contributed by atoms with E-state index >= 15 is 0 Å². The van der Waals surface area contributed by atoms with Crippen LogP contribution < -0.4 is 10.6 Å². The molecule has 0 aromatic carbocycles. The number of fused-ring (bicyclic) bond motifs is 2. The van der Waals surface area contributed by atoms with Gasteiger partial charge in [-0.25, -0.2) is 4.79 Å². The van der Waals surface area contributed by atoms with Crippen molar-refractivity contribution in [2.75, 3.05) is 19.6 Å². The Morgan fingerprint density at radius 1 is 1.22 bits per heavy atom. The fourth-order valence-electron chi connectivity index (χ4n) is 3.87. The number of likely N-dealkylation sites (tertiary alicyclic amines) is 1. The highest BCUT2D eigenvalue weighted by atomic mass is 16.5. The summed E-state index contributed by atoms with van der Waals surface area (Å²) in [6.07, 6.45) is 5.15. The zero-order valence-corrected chi connectivity index (χ0v) is 14.2. The summed E-state index contributed by atoms with van der Waals surface area (Å²) in [5.74, 6) is 0.390. The maximum atomic E-state index is 12.4. The molecule has 1 aliphatic carbocycles. The van der Waals surface area contributed by atoms with Crippen LogP contribution in [0.1, 0.15) is 46.0 Å². The molecule has 2 N–H and O–H groups in total. The number of hydrogen-bond donors (Lipinski definition) is 2. The van der Waals surface area contributed by atoms with Crippen molar-refractivity contribution < 1.29 is 14.3 Å². The van der Waals surface area contributed by atoms with E-state index in [0.717, 1.165) is 19.3 Å². The van der Waals surface area contributed by atoms with Crippen molar-refractivity contribution in [3.05, 3.63) is 0 Å². The second-order valence-corrected chi connectivity index (χ2v) is 7.61. The predicted octanol–water partition coefficient (Wildman–Crippen LogP) is 1.50. The summed E-state index contributed by atoms with van der Waals surface area (Å²) in [4.78, 5) is 26.6. The number of ether oxygens (including phenoxy) is 1. The summed E-state index contributed by atoms with van der Waals surface area (Å²) >= 11 is 0. The summed E-state index contributed by atoms with van der Waals surface area (Å²) in [6, 6.07) is 0.339. The molecule has 6 heteroatoms. The Morgan fingerprint density at radius 2 is 1.96 bits per heavy atom. The van der Waals surface area contributed by atoms with E-state index in [1.165, 1.54) is 12.8 Å². The molecule has 3 fully saturated rings. The van der Waals surface area contributed by atoms with Crippen LogP contribution in [0.5, 0.6) is 0 Å². The van der Waals surface area contributed by atoms with Gasteiger partial charge >= 0.3 is 6.03 Å². The molecule has 0 aromatic heterocycles. The first-order chi connectivity index (χ1) is 11.0. The molecule has 2 heterocycles. The molecule has 2 bridgehead atoms. The van der Waals surface area contributed by atoms with Gasteiger partial charge < -0.3 is 20.3 Å². The van der Waals surface area contributed by atoms with Gasteiger partial charge in [-0.3, -0.25) is 4.79 Å². The summed E-state index contributed by atoms with van der Waals surface area (Å²) in [7, 11) is 0. The standard InChI is InChI=1S/C17H29N3O3/c1-11(2)8-18-16(21)14-7-13-9-20(10-15(14)23-13)17(22)19-12-5-3-4-6-12/h11-15H,3-10H2,1-2H3,(H,18,21)(H,19,22)/t13-,14+,15-/m1/s1. The van der Waals surface area contributed by atoms with E-state index in [-0.39, 0.29) is 30.1 Å². The van der Waals surface area contributed by atoms with Crippen LogP contribution in [0.25, 0.3) is 0 Å². The Hall–Kier alpha value is -1.30. The molecule has 2 aliphatic heterocycles. The van der Waals surface area contributed by atoms with Gasteiger partial charge in [-0.2, -0.15) is 0 Å². The molecule has 3 amide bonds. The van der Waals surface area contributed by atoms with Crippen LogP contribution in [0.4, 0.5) is 4.79 Å². The van der Waals surface area contributed by atoms with Gasteiger partial charge in [-0.05, 0) is 25.2 Å². The van der Waals surface area contributed by atoms with Crippen LogP contribution in [0.2, 0.25) is 0 Å². The third-order valence-electron chi connectivity index (χ3n) is 5.15. The van der Waals surface area contributed by atoms with Gasteiger partial charge in [0.05, 0.1) is 18.1 Å². The van der Waals surface area contributed by atoms with Crippen molar-refractivity contribution in [2.24, 2.45) is 11.8 Å². The first kappa shape index (κ1) is 16.6. The number of carbonyl (C=O) groups is 2. The third kappa shape index (κ3) is 3.97. The number of rotatable bonds is 4. The second kappa shape index (κ2) is 7.07. The van der Waals surface area contributed by atoms with E-state index in [2.05, 4.69) is 24.5 Å². The van der Waals surface area contributed by atoms with E-state index in [1.807, 2.05) is 4.90 Å². The van der Waals surface area contributed by atoms with Gasteiger partial charge in [-0.15, -0.1) is 0 Å². The molecular formula is C17H29N3O3. The van der Waals surface area contributed by atoms with E-state index in [0.29, 0.717) is 31.6 Å². The van der Waals surface area contributed by atoms with Crippen LogP contribution in [0, 0.1) is 11.8 Å². The number of morpholine rings is 1. The van der Waals surface area contributed by atoms with Crippen molar-refractivity contribution in [3.8, 4) is 0 Å². The van der Waals surface area contributed by atoms with E-state index < -0.39 is 0 Å². The van der Waals surface area contributed by atoms with Gasteiger partial charge in [0.1, 0.15) is 0 Å². The average Bonchev–Trinajstić information content (AvgIpc) is 3.12. The maximum Gasteiger partial charge on any atom is 0.317 e. The fraction of sp³-hybridized carbons (Fsp3) is 0.882. The van der Waals surface area contributed by atoms with Gasteiger partial charge in [0.15, 0.2) is 0 Å². The molecule has 0 spiro atoms. The van der Waals surface area contributed by atoms with Crippen LogP contribution in [0.15, 0.2) is 0 Å². The number of amides is 3. The normalized spacial score (nSPS) is 30.7. The molecule has 0 radical (unpaired) electrons. The minimum Gasteiger partial charge on any atom is -0.370 e. The Kier molecular flexibility index (Phi) is 5.09. The first-order valence-electron chi connectivity index (χ1n) is 9.01. The Morgan fingerprint density at radius 3 is 2.65 bits per heavy atom. The minimum absolute atomic E-state index is 0.00196. The van der Waals surface area contributed by atoms with Crippen LogP contribution in [-0.4, -0.2) is 54.7 Å². The van der Waals surface area contributed by atoms with Gasteiger partial charge in [-0.1, -0.05) is 26.7 Å². The average molecular weight is 323 g/mol. The molecule has 3 rings (SSSR count). The minimum atomic E-state index is -0.157. The molecule has 3 aliphatic rings. The Bertz CT molecular complexity index is 448. The Labute approximate surface area is 138 Å². The Balaban J connectivity index is 1.52. The molecular weight excluding hydrogens is 294 g/mol. The van der Waals surface area contributed by atoms with Crippen LogP contribution in [-0.2, 0) is 9.53 Å². The molecule has 0 aromatic rings. The quantitative estimate of drug-likeness (QED) is 0.824. The number of hydrogen-bond acceptors (Lipinski definition) is 3. The van der Waals surface area contributed by atoms with E-state index in [1.54, 1.807) is 0 Å². The number of nitrogens with zero attached hydrogens (tertiary/aromatic N) is 1. The lowest BCUT2D eigenvalue weighted by Gasteiger charge is -2.33. The predicted molar refractivity (Wildman–Crippen MR) is 87.0 cm³/mol. The fourth-order valence-corrected chi connectivity index (χ4v) is 3.87. The topological polar surface area (TPSA) is 70.7 Å². The summed E-state index contributed by atoms with van der Waals surface area (Å²) in [5, 5.41) is 6.13. The molecule has 23 heavy (non-hydrogen) atoms. The van der Waals surface area contributed by atoms with Crippen molar-refractivity contribution >= 4 is 11.9 Å². The van der Waals surface area contributed by atoms with Crippen molar-refractivity contribution in [1.82, 2.24) is 15.5 Å². The molecule has 2 saturated heterocycles. The third-order valence-corrected chi connectivity index (χ3v) is 5.15. The van der Waals surface area contributed by atoms with Crippen molar-refractivity contribution in [1.29, 1.82) is 0 Å². The zero-order valence-electron chi connectivity index (χ0n) is 14.2. The molecule has 130 valence electrons. The zero-order chi connectivity index (χ0) is 16.4. The highest BCUT2D eigenvalue weighted by Crippen LogP contribution is 2.32. The molecule has 6 nitrogen and oxygen atoms in total. The number of urea groups is 1. The molecule has 3 atom stereocenters. The molecule has 0 unspecified atom stereocenters. The van der Waals surface area contributed by atoms with Crippen molar-refractivity contribution in [2.45, 2.75) is 64.2 Å². The van der Waals surface area contributed by atoms with Crippen LogP contribution >= 0.6 is 0 Å². The largest absolute Gasteiger partial charge is 0.370 e. The second-order valence-electron chi connectivity index (χ2n) is 7.61. The SMILES string of the molecule is CC(C)CNC(=O)[C@H]1C[C@@H]2CN(C(=O)NC3CCCC3)C[C@H]1O2. The smallest absolute Gasteiger partial charge is 0.317 e. The summed E-state index contributed by atoms with van der Waals surface area (Å²) < 4.78 is 5.91. The lowest BCUT2D eigenvalue weighted by molar-refractivity contribution is -0.127. The maximum absolute atomic E-state index is 12.4. The highest BCUT2D eigenvalue weighted by Gasteiger charge is 2.45.